The van der Waals surface area contributed by atoms with Crippen molar-refractivity contribution in [3.8, 4) is 0 Å². The Hall–Kier alpha value is -1.17. The molecule has 110 valence electrons. The van der Waals surface area contributed by atoms with Crippen molar-refractivity contribution in [1.29, 1.82) is 0 Å². The number of amides is 1. The predicted octanol–water partition coefficient (Wildman–Crippen LogP) is 1.56. The normalized spacial score (nSPS) is 16.9. The third-order valence-corrected chi connectivity index (χ3v) is 4.33. The third-order valence-electron chi connectivity index (χ3n) is 3.47. The van der Waals surface area contributed by atoms with Crippen LogP contribution in [0.15, 0.2) is 30.2 Å². The summed E-state index contributed by atoms with van der Waals surface area (Å²) in [6, 6.07) is 4.27. The van der Waals surface area contributed by atoms with Gasteiger partial charge < -0.3 is 10.2 Å². The Morgan fingerprint density at radius 2 is 2.30 bits per heavy atom. The molecule has 2 rings (SSSR count). The molecule has 0 saturated carbocycles. The highest BCUT2D eigenvalue weighted by atomic mass is 32.1. The summed E-state index contributed by atoms with van der Waals surface area (Å²) in [5.41, 5.74) is 0. The molecule has 0 unspecified atom stereocenters. The van der Waals surface area contributed by atoms with E-state index in [0.717, 1.165) is 39.1 Å². The Kier molecular flexibility index (Phi) is 6.24. The largest absolute Gasteiger partial charge is 0.340 e. The Balaban J connectivity index is 1.76. The van der Waals surface area contributed by atoms with Crippen molar-refractivity contribution in [1.82, 2.24) is 15.1 Å². The highest BCUT2D eigenvalue weighted by molar-refractivity contribution is 7.09. The van der Waals surface area contributed by atoms with E-state index >= 15 is 0 Å². The molecular weight excluding hydrogens is 270 g/mol. The summed E-state index contributed by atoms with van der Waals surface area (Å²) < 4.78 is 0. The number of hydrogen-bond acceptors (Lipinski definition) is 4. The van der Waals surface area contributed by atoms with Gasteiger partial charge in [0.1, 0.15) is 0 Å². The van der Waals surface area contributed by atoms with Crippen molar-refractivity contribution in [3.05, 3.63) is 35.0 Å². The molecule has 1 N–H and O–H groups in total. The molecule has 4 nitrogen and oxygen atoms in total. The van der Waals surface area contributed by atoms with Crippen molar-refractivity contribution >= 4 is 17.2 Å². The van der Waals surface area contributed by atoms with Gasteiger partial charge >= 0.3 is 0 Å². The van der Waals surface area contributed by atoms with Gasteiger partial charge in [0.15, 0.2) is 0 Å². The molecule has 1 fully saturated rings. The summed E-state index contributed by atoms with van der Waals surface area (Å²) >= 11 is 1.80. The molecule has 1 saturated heterocycles. The maximum Gasteiger partial charge on any atom is 0.236 e. The van der Waals surface area contributed by atoms with Crippen molar-refractivity contribution in [2.75, 3.05) is 39.3 Å². The van der Waals surface area contributed by atoms with Crippen LogP contribution in [-0.4, -0.2) is 55.0 Å². The monoisotopic (exact) mass is 293 g/mol. The smallest absolute Gasteiger partial charge is 0.236 e. The van der Waals surface area contributed by atoms with Crippen LogP contribution in [-0.2, 0) is 11.3 Å². The van der Waals surface area contributed by atoms with Gasteiger partial charge in [-0.2, -0.15) is 0 Å². The zero-order valence-corrected chi connectivity index (χ0v) is 12.7. The summed E-state index contributed by atoms with van der Waals surface area (Å²) in [6.45, 7) is 9.48. The maximum atomic E-state index is 12.1. The van der Waals surface area contributed by atoms with Crippen LogP contribution in [0.4, 0.5) is 0 Å². The van der Waals surface area contributed by atoms with E-state index in [1.54, 1.807) is 17.4 Å². The van der Waals surface area contributed by atoms with E-state index in [4.69, 9.17) is 0 Å². The first-order chi connectivity index (χ1) is 9.79. The maximum absolute atomic E-state index is 12.1. The first-order valence-electron chi connectivity index (χ1n) is 7.13. The number of hydrogen-bond donors (Lipinski definition) is 1. The first-order valence-corrected chi connectivity index (χ1v) is 8.01. The lowest BCUT2D eigenvalue weighted by Crippen LogP contribution is -2.40. The van der Waals surface area contributed by atoms with E-state index in [1.807, 2.05) is 4.90 Å². The molecule has 1 aromatic rings. The average Bonchev–Trinajstić information content (AvgIpc) is 2.84. The van der Waals surface area contributed by atoms with Crippen LogP contribution in [0.2, 0.25) is 0 Å². The second kappa shape index (κ2) is 8.19. The molecule has 0 radical (unpaired) electrons. The van der Waals surface area contributed by atoms with Gasteiger partial charge in [-0.25, -0.2) is 0 Å². The van der Waals surface area contributed by atoms with Gasteiger partial charge in [-0.1, -0.05) is 12.1 Å². The Bertz CT molecular complexity index is 419. The average molecular weight is 293 g/mol. The van der Waals surface area contributed by atoms with E-state index in [2.05, 4.69) is 34.3 Å². The number of carbonyl (C=O) groups is 1. The minimum atomic E-state index is 0.199. The summed E-state index contributed by atoms with van der Waals surface area (Å²) in [6.07, 6.45) is 2.83. The second-order valence-electron chi connectivity index (χ2n) is 5.01. The molecule has 0 spiro atoms. The Morgan fingerprint density at radius 3 is 3.05 bits per heavy atom. The third kappa shape index (κ3) is 4.74. The minimum Gasteiger partial charge on any atom is -0.340 e. The second-order valence-corrected chi connectivity index (χ2v) is 6.04. The van der Waals surface area contributed by atoms with Gasteiger partial charge in [0.2, 0.25) is 5.91 Å². The van der Waals surface area contributed by atoms with Gasteiger partial charge in [-0.05, 0) is 17.9 Å². The van der Waals surface area contributed by atoms with E-state index in [0.29, 0.717) is 13.1 Å². The fourth-order valence-electron chi connectivity index (χ4n) is 2.39. The van der Waals surface area contributed by atoms with Crippen LogP contribution in [0.25, 0.3) is 0 Å². The molecule has 1 amide bonds. The van der Waals surface area contributed by atoms with Gasteiger partial charge in [-0.15, -0.1) is 17.9 Å². The standard InChI is InChI=1S/C15H23N3OS/c1-2-6-16-12-15(19)18-8-4-7-17(9-10-18)13-14-5-3-11-20-14/h2-3,5,11,16H,1,4,6-10,12-13H2. The summed E-state index contributed by atoms with van der Waals surface area (Å²) in [5, 5.41) is 5.20. The topological polar surface area (TPSA) is 35.6 Å². The number of nitrogens with one attached hydrogen (secondary N) is 1. The minimum absolute atomic E-state index is 0.199. The molecule has 1 aliphatic rings. The summed E-state index contributed by atoms with van der Waals surface area (Å²) in [5.74, 6) is 0.199. The molecule has 0 aliphatic carbocycles. The summed E-state index contributed by atoms with van der Waals surface area (Å²) in [4.78, 5) is 17.9. The molecule has 1 aromatic heterocycles. The molecular formula is C15H23N3OS. The number of thiophene rings is 1. The van der Waals surface area contributed by atoms with Crippen LogP contribution in [0.5, 0.6) is 0 Å². The summed E-state index contributed by atoms with van der Waals surface area (Å²) in [7, 11) is 0. The van der Waals surface area contributed by atoms with E-state index < -0.39 is 0 Å². The van der Waals surface area contributed by atoms with Gasteiger partial charge in [0.25, 0.3) is 0 Å². The van der Waals surface area contributed by atoms with Crippen molar-refractivity contribution in [2.24, 2.45) is 0 Å². The quantitative estimate of drug-likeness (QED) is 0.639. The predicted molar refractivity (Wildman–Crippen MR) is 83.9 cm³/mol. The molecule has 2 heterocycles. The van der Waals surface area contributed by atoms with Crippen molar-refractivity contribution < 1.29 is 4.79 Å². The molecule has 1 aliphatic heterocycles. The fourth-order valence-corrected chi connectivity index (χ4v) is 3.14. The molecule has 0 aromatic carbocycles. The molecule has 0 bridgehead atoms. The van der Waals surface area contributed by atoms with Gasteiger partial charge in [0.05, 0.1) is 6.54 Å². The Labute approximate surface area is 125 Å². The van der Waals surface area contributed by atoms with Crippen LogP contribution in [0.3, 0.4) is 0 Å². The van der Waals surface area contributed by atoms with E-state index in [-0.39, 0.29) is 5.91 Å². The van der Waals surface area contributed by atoms with Gasteiger partial charge in [0, 0.05) is 44.1 Å². The SMILES string of the molecule is C=CCNCC(=O)N1CCCN(Cc2cccs2)CC1. The van der Waals surface area contributed by atoms with Crippen molar-refractivity contribution in [3.63, 3.8) is 0 Å². The van der Waals surface area contributed by atoms with E-state index in [9.17, 15) is 4.79 Å². The zero-order valence-electron chi connectivity index (χ0n) is 11.9. The Morgan fingerprint density at radius 1 is 1.40 bits per heavy atom. The fraction of sp³-hybridized carbons (Fsp3) is 0.533. The highest BCUT2D eigenvalue weighted by Gasteiger charge is 2.18. The molecule has 0 atom stereocenters. The van der Waals surface area contributed by atoms with E-state index in [1.165, 1.54) is 4.88 Å². The van der Waals surface area contributed by atoms with Crippen LogP contribution in [0.1, 0.15) is 11.3 Å². The van der Waals surface area contributed by atoms with Crippen LogP contribution < -0.4 is 5.32 Å². The zero-order chi connectivity index (χ0) is 14.2. The van der Waals surface area contributed by atoms with Crippen LogP contribution in [0, 0.1) is 0 Å². The number of nitrogens with zero attached hydrogens (tertiary/aromatic N) is 2. The first kappa shape index (κ1) is 15.2. The van der Waals surface area contributed by atoms with Gasteiger partial charge in [-0.3, -0.25) is 9.69 Å². The van der Waals surface area contributed by atoms with Crippen LogP contribution >= 0.6 is 11.3 Å². The lowest BCUT2D eigenvalue weighted by molar-refractivity contribution is -0.130. The van der Waals surface area contributed by atoms with Crippen molar-refractivity contribution in [2.45, 2.75) is 13.0 Å². The molecule has 5 heteroatoms. The highest BCUT2D eigenvalue weighted by Crippen LogP contribution is 2.13. The number of carbonyl (C=O) groups excluding carboxylic acids is 1. The number of rotatable bonds is 6. The lowest BCUT2D eigenvalue weighted by atomic mass is 10.3. The lowest BCUT2D eigenvalue weighted by Gasteiger charge is -2.21. The molecule has 20 heavy (non-hydrogen) atoms.